The van der Waals surface area contributed by atoms with Crippen molar-refractivity contribution in [1.82, 2.24) is 0 Å². The van der Waals surface area contributed by atoms with E-state index in [4.69, 9.17) is 9.47 Å². The molecule has 1 aromatic carbocycles. The maximum atomic E-state index is 12.0. The van der Waals surface area contributed by atoms with Crippen LogP contribution in [0.1, 0.15) is 33.3 Å². The normalized spacial score (nSPS) is 12.8. The molecule has 0 radical (unpaired) electrons. The average Bonchev–Trinajstić information content (AvgIpc) is 2.35. The molecule has 0 amide bonds. The number of carbonyl (C=O) groups excluding carboxylic acids is 1. The van der Waals surface area contributed by atoms with Crippen molar-refractivity contribution in [2.24, 2.45) is 0 Å². The second kappa shape index (κ2) is 7.29. The average molecular weight is 279 g/mol. The van der Waals surface area contributed by atoms with Gasteiger partial charge in [0.2, 0.25) is 0 Å². The van der Waals surface area contributed by atoms with Crippen LogP contribution in [0, 0.1) is 0 Å². The lowest BCUT2D eigenvalue weighted by atomic mass is 10.1. The maximum absolute atomic E-state index is 12.0. The number of anilines is 1. The predicted octanol–water partition coefficient (Wildman–Crippen LogP) is 3.02. The summed E-state index contributed by atoms with van der Waals surface area (Å²) in [6, 6.07) is 7.53. The number of esters is 1. The summed E-state index contributed by atoms with van der Waals surface area (Å²) in [6.45, 7) is 8.05. The van der Waals surface area contributed by atoms with Gasteiger partial charge in [-0.25, -0.2) is 4.79 Å². The van der Waals surface area contributed by atoms with Gasteiger partial charge in [-0.3, -0.25) is 0 Å². The number of methoxy groups -OCH3 is 1. The van der Waals surface area contributed by atoms with Crippen molar-refractivity contribution < 1.29 is 14.3 Å². The van der Waals surface area contributed by atoms with E-state index in [1.165, 1.54) is 0 Å². The molecule has 0 bridgehead atoms. The number of rotatable bonds is 6. The molecule has 4 nitrogen and oxygen atoms in total. The number of benzene rings is 1. The lowest BCUT2D eigenvalue weighted by molar-refractivity contribution is -0.155. The highest BCUT2D eigenvalue weighted by Gasteiger charge is 2.21. The van der Waals surface area contributed by atoms with Crippen LogP contribution in [-0.4, -0.2) is 31.3 Å². The molecule has 20 heavy (non-hydrogen) atoms. The molecule has 1 N–H and O–H groups in total. The third-order valence-corrected chi connectivity index (χ3v) is 2.73. The minimum atomic E-state index is -0.470. The number of para-hydroxylation sites is 1. The van der Waals surface area contributed by atoms with Gasteiger partial charge in [-0.1, -0.05) is 18.2 Å². The molecular weight excluding hydrogens is 254 g/mol. The fraction of sp³-hybridized carbons (Fsp3) is 0.562. The molecule has 0 aromatic heterocycles. The maximum Gasteiger partial charge on any atom is 0.328 e. The van der Waals surface area contributed by atoms with Crippen molar-refractivity contribution in [3.63, 3.8) is 0 Å². The van der Waals surface area contributed by atoms with E-state index in [0.29, 0.717) is 6.61 Å². The molecule has 0 spiro atoms. The Labute approximate surface area is 121 Å². The van der Waals surface area contributed by atoms with E-state index in [2.05, 4.69) is 5.32 Å². The summed E-state index contributed by atoms with van der Waals surface area (Å²) < 4.78 is 10.5. The van der Waals surface area contributed by atoms with Gasteiger partial charge in [0.15, 0.2) is 0 Å². The van der Waals surface area contributed by atoms with Gasteiger partial charge in [0.1, 0.15) is 11.6 Å². The molecule has 0 saturated carbocycles. The number of hydrogen-bond donors (Lipinski definition) is 1. The number of ether oxygens (including phenoxy) is 2. The summed E-state index contributed by atoms with van der Waals surface area (Å²) in [5.41, 5.74) is 1.61. The van der Waals surface area contributed by atoms with Gasteiger partial charge < -0.3 is 14.8 Å². The summed E-state index contributed by atoms with van der Waals surface area (Å²) in [5, 5.41) is 3.21. The lowest BCUT2D eigenvalue weighted by Gasteiger charge is -2.23. The monoisotopic (exact) mass is 279 g/mol. The van der Waals surface area contributed by atoms with Crippen LogP contribution in [-0.2, 0) is 20.7 Å². The van der Waals surface area contributed by atoms with Crippen molar-refractivity contribution in [1.29, 1.82) is 0 Å². The van der Waals surface area contributed by atoms with Crippen molar-refractivity contribution in [2.75, 3.05) is 19.0 Å². The number of nitrogens with one attached hydrogen (secondary N) is 1. The van der Waals surface area contributed by atoms with Crippen LogP contribution in [0.4, 0.5) is 5.69 Å². The lowest BCUT2D eigenvalue weighted by Crippen LogP contribution is -2.34. The van der Waals surface area contributed by atoms with E-state index in [1.54, 1.807) is 14.0 Å². The minimum absolute atomic E-state index is 0.251. The van der Waals surface area contributed by atoms with Gasteiger partial charge in [-0.05, 0) is 45.7 Å². The fourth-order valence-electron chi connectivity index (χ4n) is 1.77. The second-order valence-corrected chi connectivity index (χ2v) is 5.80. The molecule has 1 aromatic rings. The summed E-state index contributed by atoms with van der Waals surface area (Å²) in [6.07, 6.45) is 0.806. The van der Waals surface area contributed by atoms with Crippen LogP contribution in [0.5, 0.6) is 0 Å². The zero-order valence-electron chi connectivity index (χ0n) is 13.0. The Kier molecular flexibility index (Phi) is 6.02. The molecule has 0 heterocycles. The Morgan fingerprint density at radius 1 is 1.30 bits per heavy atom. The van der Waals surface area contributed by atoms with Crippen LogP contribution >= 0.6 is 0 Å². The van der Waals surface area contributed by atoms with Crippen LogP contribution in [0.25, 0.3) is 0 Å². The van der Waals surface area contributed by atoms with E-state index in [0.717, 1.165) is 17.7 Å². The van der Waals surface area contributed by atoms with Crippen LogP contribution in [0.3, 0.4) is 0 Å². The van der Waals surface area contributed by atoms with Crippen molar-refractivity contribution in [3.8, 4) is 0 Å². The first kappa shape index (κ1) is 16.5. The van der Waals surface area contributed by atoms with Gasteiger partial charge in [0.25, 0.3) is 0 Å². The van der Waals surface area contributed by atoms with Gasteiger partial charge in [0, 0.05) is 12.8 Å². The largest absolute Gasteiger partial charge is 0.458 e. The van der Waals surface area contributed by atoms with Gasteiger partial charge in [0.05, 0.1) is 6.61 Å². The molecule has 1 unspecified atom stereocenters. The molecule has 0 aliphatic rings. The van der Waals surface area contributed by atoms with E-state index >= 15 is 0 Å². The molecule has 1 rings (SSSR count). The smallest absolute Gasteiger partial charge is 0.328 e. The van der Waals surface area contributed by atoms with Gasteiger partial charge >= 0.3 is 5.97 Å². The first-order chi connectivity index (χ1) is 9.33. The number of carbonyl (C=O) groups is 1. The topological polar surface area (TPSA) is 47.6 Å². The molecule has 4 heteroatoms. The van der Waals surface area contributed by atoms with E-state index < -0.39 is 11.6 Å². The first-order valence-electron chi connectivity index (χ1n) is 6.89. The molecule has 0 aliphatic carbocycles. The quantitative estimate of drug-likeness (QED) is 0.813. The molecule has 0 fully saturated rings. The zero-order chi connectivity index (χ0) is 15.2. The highest BCUT2D eigenvalue weighted by molar-refractivity contribution is 5.79. The van der Waals surface area contributed by atoms with Gasteiger partial charge in [-0.2, -0.15) is 0 Å². The summed E-state index contributed by atoms with van der Waals surface area (Å²) in [7, 11) is 1.68. The van der Waals surface area contributed by atoms with E-state index in [9.17, 15) is 4.79 Å². The van der Waals surface area contributed by atoms with Crippen molar-refractivity contribution >= 4 is 11.7 Å². The molecule has 0 aliphatic heterocycles. The predicted molar refractivity (Wildman–Crippen MR) is 81.0 cm³/mol. The summed E-state index contributed by atoms with van der Waals surface area (Å²) in [5.74, 6) is -0.251. The van der Waals surface area contributed by atoms with Crippen LogP contribution in [0.15, 0.2) is 24.3 Å². The Morgan fingerprint density at radius 3 is 2.55 bits per heavy atom. The van der Waals surface area contributed by atoms with Crippen molar-refractivity contribution in [3.05, 3.63) is 29.8 Å². The summed E-state index contributed by atoms with van der Waals surface area (Å²) in [4.78, 5) is 12.0. The molecular formula is C16H25NO3. The Bertz CT molecular complexity index is 438. The molecule has 0 saturated heterocycles. The summed E-state index contributed by atoms with van der Waals surface area (Å²) >= 11 is 0. The standard InChI is InChI=1S/C16H25NO3/c1-12(15(18)20-16(2,3)4)17-14-9-7-6-8-13(14)10-11-19-5/h6-9,12,17H,10-11H2,1-5H3. The molecule has 1 atom stereocenters. The third-order valence-electron chi connectivity index (χ3n) is 2.73. The van der Waals surface area contributed by atoms with E-state index in [1.807, 2.05) is 45.0 Å². The highest BCUT2D eigenvalue weighted by Crippen LogP contribution is 2.18. The SMILES string of the molecule is COCCc1ccccc1NC(C)C(=O)OC(C)(C)C. The first-order valence-corrected chi connectivity index (χ1v) is 6.89. The number of hydrogen-bond acceptors (Lipinski definition) is 4. The van der Waals surface area contributed by atoms with Crippen LogP contribution in [0.2, 0.25) is 0 Å². The second-order valence-electron chi connectivity index (χ2n) is 5.80. The van der Waals surface area contributed by atoms with Crippen molar-refractivity contribution in [2.45, 2.75) is 45.8 Å². The Morgan fingerprint density at radius 2 is 1.95 bits per heavy atom. The third kappa shape index (κ3) is 5.61. The highest BCUT2D eigenvalue weighted by atomic mass is 16.6. The molecule has 112 valence electrons. The van der Waals surface area contributed by atoms with E-state index in [-0.39, 0.29) is 5.97 Å². The zero-order valence-corrected chi connectivity index (χ0v) is 13.0. The minimum Gasteiger partial charge on any atom is -0.458 e. The Balaban J connectivity index is 2.70. The van der Waals surface area contributed by atoms with Gasteiger partial charge in [-0.15, -0.1) is 0 Å². The Hall–Kier alpha value is -1.55. The van der Waals surface area contributed by atoms with Crippen LogP contribution < -0.4 is 5.32 Å². The fourth-order valence-corrected chi connectivity index (χ4v) is 1.77.